The van der Waals surface area contributed by atoms with E-state index in [1.807, 2.05) is 48.5 Å². The smallest absolute Gasteiger partial charge is 0.150 e. The van der Waals surface area contributed by atoms with Gasteiger partial charge in [0, 0.05) is 11.1 Å². The van der Waals surface area contributed by atoms with E-state index in [-0.39, 0.29) is 10.8 Å². The fourth-order valence-corrected chi connectivity index (χ4v) is 3.33. The molecule has 0 amide bonds. The van der Waals surface area contributed by atoms with Gasteiger partial charge in [0.05, 0.1) is 5.02 Å². The van der Waals surface area contributed by atoms with Crippen LogP contribution in [0.4, 0.5) is 4.39 Å². The van der Waals surface area contributed by atoms with Gasteiger partial charge in [0.2, 0.25) is 0 Å². The van der Waals surface area contributed by atoms with Crippen molar-refractivity contribution in [2.45, 2.75) is 33.1 Å². The van der Waals surface area contributed by atoms with Gasteiger partial charge >= 0.3 is 0 Å². The van der Waals surface area contributed by atoms with Crippen LogP contribution < -0.4 is 0 Å². The zero-order chi connectivity index (χ0) is 17.8. The molecule has 0 aliphatic rings. The number of hydrogen-bond acceptors (Lipinski definition) is 0. The van der Waals surface area contributed by atoms with E-state index in [0.29, 0.717) is 5.56 Å². The molecule has 0 nitrogen and oxygen atoms in total. The van der Waals surface area contributed by atoms with E-state index in [9.17, 15) is 4.39 Å². The highest BCUT2D eigenvalue weighted by Gasteiger charge is 2.14. The minimum atomic E-state index is -0.360. The zero-order valence-electron chi connectivity index (χ0n) is 14.7. The van der Waals surface area contributed by atoms with E-state index < -0.39 is 0 Å². The Labute approximate surface area is 154 Å². The van der Waals surface area contributed by atoms with Crippen molar-refractivity contribution in [2.75, 3.05) is 0 Å². The van der Waals surface area contributed by atoms with E-state index in [1.165, 1.54) is 11.1 Å². The number of benzene rings is 3. The van der Waals surface area contributed by atoms with Crippen molar-refractivity contribution in [2.24, 2.45) is 0 Å². The summed E-state index contributed by atoms with van der Waals surface area (Å²) in [6, 6.07) is 19.9. The minimum absolute atomic E-state index is 0.181. The molecule has 0 saturated carbocycles. The molecule has 0 N–H and O–H groups in total. The summed E-state index contributed by atoms with van der Waals surface area (Å²) in [5.41, 5.74) is 5.59. The third kappa shape index (κ3) is 3.77. The third-order valence-electron chi connectivity index (χ3n) is 4.56. The quantitative estimate of drug-likeness (QED) is 0.451. The van der Waals surface area contributed by atoms with Crippen LogP contribution >= 0.6 is 11.6 Å². The molecule has 0 atom stereocenters. The Balaban J connectivity index is 1.96. The van der Waals surface area contributed by atoms with Crippen molar-refractivity contribution >= 4 is 11.6 Å². The fourth-order valence-electron chi connectivity index (χ4n) is 3.06. The van der Waals surface area contributed by atoms with E-state index in [4.69, 9.17) is 11.6 Å². The summed E-state index contributed by atoms with van der Waals surface area (Å²) in [4.78, 5) is 0. The van der Waals surface area contributed by atoms with Crippen LogP contribution in [0.1, 0.15) is 31.4 Å². The third-order valence-corrected chi connectivity index (χ3v) is 4.93. The maximum atomic E-state index is 14.9. The Morgan fingerprint density at radius 2 is 1.24 bits per heavy atom. The minimum Gasteiger partial charge on any atom is -0.205 e. The lowest BCUT2D eigenvalue weighted by Crippen LogP contribution is -1.91. The molecule has 3 aromatic rings. The molecule has 0 unspecified atom stereocenters. The van der Waals surface area contributed by atoms with Gasteiger partial charge in [-0.1, -0.05) is 92.5 Å². The number of aryl methyl sites for hydroxylation is 2. The summed E-state index contributed by atoms with van der Waals surface area (Å²) in [5.74, 6) is -0.360. The largest absolute Gasteiger partial charge is 0.205 e. The molecule has 0 radical (unpaired) electrons. The van der Waals surface area contributed by atoms with Crippen LogP contribution in [-0.4, -0.2) is 0 Å². The van der Waals surface area contributed by atoms with Crippen LogP contribution in [0.3, 0.4) is 0 Å². The predicted octanol–water partition coefficient (Wildman–Crippen LogP) is 7.33. The predicted molar refractivity (Wildman–Crippen MR) is 106 cm³/mol. The van der Waals surface area contributed by atoms with Gasteiger partial charge in [-0.3, -0.25) is 0 Å². The maximum absolute atomic E-state index is 14.9. The lowest BCUT2D eigenvalue weighted by atomic mass is 9.97. The van der Waals surface area contributed by atoms with Crippen molar-refractivity contribution in [1.82, 2.24) is 0 Å². The molecule has 0 saturated heterocycles. The van der Waals surface area contributed by atoms with Gasteiger partial charge in [-0.15, -0.1) is 0 Å². The summed E-state index contributed by atoms with van der Waals surface area (Å²) in [5, 5.41) is 0.181. The van der Waals surface area contributed by atoms with E-state index in [2.05, 4.69) is 26.0 Å². The molecule has 0 bridgehead atoms. The van der Waals surface area contributed by atoms with Crippen molar-refractivity contribution in [3.63, 3.8) is 0 Å². The normalized spacial score (nSPS) is 10.9. The summed E-state index contributed by atoms with van der Waals surface area (Å²) in [7, 11) is 0. The second kappa shape index (κ2) is 7.84. The monoisotopic (exact) mass is 352 g/mol. The first-order chi connectivity index (χ1) is 12.1. The van der Waals surface area contributed by atoms with Crippen LogP contribution in [0.15, 0.2) is 60.7 Å². The highest BCUT2D eigenvalue weighted by Crippen LogP contribution is 2.36. The van der Waals surface area contributed by atoms with Gasteiger partial charge in [0.25, 0.3) is 0 Å². The molecule has 2 heteroatoms. The zero-order valence-corrected chi connectivity index (χ0v) is 15.4. The highest BCUT2D eigenvalue weighted by atomic mass is 35.5. The van der Waals surface area contributed by atoms with Crippen LogP contribution in [0.5, 0.6) is 0 Å². The molecule has 0 spiro atoms. The Morgan fingerprint density at radius 3 is 1.80 bits per heavy atom. The topological polar surface area (TPSA) is 0 Å². The van der Waals surface area contributed by atoms with E-state index in [0.717, 1.165) is 36.0 Å². The summed E-state index contributed by atoms with van der Waals surface area (Å²) in [6.07, 6.45) is 3.13. The van der Waals surface area contributed by atoms with Crippen molar-refractivity contribution < 1.29 is 4.39 Å². The van der Waals surface area contributed by atoms with Crippen molar-refractivity contribution in [3.05, 3.63) is 82.6 Å². The molecule has 3 aromatic carbocycles. The molecular formula is C23H22ClF. The summed E-state index contributed by atoms with van der Waals surface area (Å²) in [6.45, 7) is 4.26. The van der Waals surface area contributed by atoms with Crippen molar-refractivity contribution in [3.8, 4) is 22.3 Å². The van der Waals surface area contributed by atoms with Gasteiger partial charge in [-0.2, -0.15) is 0 Å². The molecule has 25 heavy (non-hydrogen) atoms. The number of rotatable bonds is 5. The highest BCUT2D eigenvalue weighted by molar-refractivity contribution is 6.33. The summed E-state index contributed by atoms with van der Waals surface area (Å²) >= 11 is 6.37. The first-order valence-electron chi connectivity index (χ1n) is 8.80. The lowest BCUT2D eigenvalue weighted by Gasteiger charge is -2.11. The molecule has 0 aliphatic carbocycles. The van der Waals surface area contributed by atoms with Gasteiger partial charge in [0.1, 0.15) is 5.82 Å². The van der Waals surface area contributed by atoms with Crippen molar-refractivity contribution in [1.29, 1.82) is 0 Å². The van der Waals surface area contributed by atoms with E-state index >= 15 is 0 Å². The van der Waals surface area contributed by atoms with Gasteiger partial charge in [0.15, 0.2) is 0 Å². The molecule has 3 rings (SSSR count). The van der Waals surface area contributed by atoms with Gasteiger partial charge < -0.3 is 0 Å². The lowest BCUT2D eigenvalue weighted by molar-refractivity contribution is 0.632. The molecule has 0 fully saturated rings. The van der Waals surface area contributed by atoms with Crippen LogP contribution in [-0.2, 0) is 12.8 Å². The Morgan fingerprint density at radius 1 is 0.720 bits per heavy atom. The summed E-state index contributed by atoms with van der Waals surface area (Å²) < 4.78 is 14.9. The molecule has 0 aromatic heterocycles. The Hall–Kier alpha value is -2.12. The SMILES string of the molecule is CCCc1ccc(-c2ccc(-c3ccc(CC)cc3)c(F)c2Cl)cc1. The Kier molecular flexibility index (Phi) is 5.55. The van der Waals surface area contributed by atoms with Crippen LogP contribution in [0.25, 0.3) is 22.3 Å². The average Bonchev–Trinajstić information content (AvgIpc) is 2.65. The van der Waals surface area contributed by atoms with Crippen LogP contribution in [0.2, 0.25) is 5.02 Å². The van der Waals surface area contributed by atoms with Gasteiger partial charge in [-0.25, -0.2) is 4.39 Å². The first kappa shape index (κ1) is 17.7. The van der Waals surface area contributed by atoms with Gasteiger partial charge in [-0.05, 0) is 35.1 Å². The average molecular weight is 353 g/mol. The first-order valence-corrected chi connectivity index (χ1v) is 9.18. The molecule has 0 aliphatic heterocycles. The maximum Gasteiger partial charge on any atom is 0.150 e. The Bertz CT molecular complexity index is 849. The second-order valence-corrected chi connectivity index (χ2v) is 6.66. The molecular weight excluding hydrogens is 331 g/mol. The van der Waals surface area contributed by atoms with Crippen LogP contribution in [0, 0.1) is 5.82 Å². The molecule has 128 valence electrons. The number of hydrogen-bond donors (Lipinski definition) is 0. The molecule has 0 heterocycles. The fraction of sp³-hybridized carbons (Fsp3) is 0.217. The number of halogens is 2. The standard InChI is InChI=1S/C23H22ClF/c1-3-5-17-8-12-18(13-9-17)20-14-15-21(23(25)22(20)24)19-10-6-16(4-2)7-11-19/h6-15H,3-5H2,1-2H3. The second-order valence-electron chi connectivity index (χ2n) is 6.29. The van der Waals surface area contributed by atoms with E-state index in [1.54, 1.807) is 0 Å².